The third-order valence-corrected chi connectivity index (χ3v) is 4.79. The van der Waals surface area contributed by atoms with Gasteiger partial charge in [-0.1, -0.05) is 30.3 Å². The average molecular weight is 375 g/mol. The number of rotatable bonds is 9. The van der Waals surface area contributed by atoms with Crippen LogP contribution in [-0.2, 0) is 11.3 Å². The first-order valence-corrected chi connectivity index (χ1v) is 10.0. The summed E-state index contributed by atoms with van der Waals surface area (Å²) in [6.07, 6.45) is 1.01. The zero-order valence-corrected chi connectivity index (χ0v) is 17.1. The fraction of sp³-hybridized carbons (Fsp3) is 0.500. The van der Waals surface area contributed by atoms with Gasteiger partial charge in [-0.3, -0.25) is 4.99 Å². The molecule has 142 valence electrons. The van der Waals surface area contributed by atoms with Crippen molar-refractivity contribution in [3.8, 4) is 0 Å². The molecule has 6 heteroatoms. The molecule has 1 atom stereocenters. The van der Waals surface area contributed by atoms with Crippen molar-refractivity contribution in [1.29, 1.82) is 0 Å². The van der Waals surface area contributed by atoms with Crippen molar-refractivity contribution in [2.24, 2.45) is 4.99 Å². The second kappa shape index (κ2) is 10.9. The Morgan fingerprint density at radius 2 is 2.12 bits per heavy atom. The van der Waals surface area contributed by atoms with Crippen LogP contribution in [0.1, 0.15) is 42.6 Å². The molecule has 0 saturated carbocycles. The summed E-state index contributed by atoms with van der Waals surface area (Å²) in [7, 11) is 2.05. The number of thiazole rings is 1. The molecule has 2 rings (SSSR count). The highest BCUT2D eigenvalue weighted by molar-refractivity contribution is 7.09. The van der Waals surface area contributed by atoms with Crippen LogP contribution in [0.15, 0.2) is 40.7 Å². The molecule has 0 radical (unpaired) electrons. The maximum Gasteiger partial charge on any atom is 0.194 e. The number of hydrogen-bond donors (Lipinski definition) is 1. The Hall–Kier alpha value is -1.92. The number of guanidine groups is 1. The number of aliphatic imine (C=N–C) groups is 1. The molecule has 5 nitrogen and oxygen atoms in total. The molecule has 0 aliphatic heterocycles. The Balaban J connectivity index is 1.77. The van der Waals surface area contributed by atoms with Crippen LogP contribution in [0.25, 0.3) is 0 Å². The largest absolute Gasteiger partial charge is 0.374 e. The quantitative estimate of drug-likeness (QED) is 0.409. The summed E-state index contributed by atoms with van der Waals surface area (Å²) < 4.78 is 5.92. The van der Waals surface area contributed by atoms with Gasteiger partial charge in [0.1, 0.15) is 0 Å². The van der Waals surface area contributed by atoms with Crippen molar-refractivity contribution in [2.75, 3.05) is 26.7 Å². The van der Waals surface area contributed by atoms with Gasteiger partial charge in [0, 0.05) is 32.1 Å². The molecule has 1 unspecified atom stereocenters. The van der Waals surface area contributed by atoms with Crippen LogP contribution in [0.4, 0.5) is 0 Å². The molecular formula is C20H30N4OS. The Labute approximate surface area is 161 Å². The molecule has 0 bridgehead atoms. The van der Waals surface area contributed by atoms with Crippen molar-refractivity contribution < 1.29 is 4.74 Å². The predicted octanol–water partition coefficient (Wildman–Crippen LogP) is 4.02. The van der Waals surface area contributed by atoms with Crippen LogP contribution in [0.3, 0.4) is 0 Å². The third kappa shape index (κ3) is 6.77. The Morgan fingerprint density at radius 1 is 1.35 bits per heavy atom. The molecule has 0 saturated heterocycles. The first-order chi connectivity index (χ1) is 12.6. The topological polar surface area (TPSA) is 49.8 Å². The average Bonchev–Trinajstić information content (AvgIpc) is 3.05. The molecule has 2 aromatic rings. The normalized spacial score (nSPS) is 12.8. The van der Waals surface area contributed by atoms with E-state index in [1.165, 1.54) is 5.56 Å². The Morgan fingerprint density at radius 3 is 2.77 bits per heavy atom. The van der Waals surface area contributed by atoms with Crippen LogP contribution in [0.5, 0.6) is 0 Å². The summed E-state index contributed by atoms with van der Waals surface area (Å²) in [6.45, 7) is 9.26. The lowest BCUT2D eigenvalue weighted by Gasteiger charge is -2.21. The van der Waals surface area contributed by atoms with Crippen molar-refractivity contribution >= 4 is 17.3 Å². The monoisotopic (exact) mass is 374 g/mol. The highest BCUT2D eigenvalue weighted by Crippen LogP contribution is 2.15. The zero-order valence-electron chi connectivity index (χ0n) is 16.2. The van der Waals surface area contributed by atoms with Gasteiger partial charge in [-0.15, -0.1) is 11.3 Å². The third-order valence-electron chi connectivity index (χ3n) is 3.96. The van der Waals surface area contributed by atoms with Crippen LogP contribution in [0.2, 0.25) is 0 Å². The van der Waals surface area contributed by atoms with E-state index in [2.05, 4.69) is 46.6 Å². The van der Waals surface area contributed by atoms with Gasteiger partial charge in [0.2, 0.25) is 0 Å². The number of hydrogen-bond acceptors (Lipinski definition) is 4. The number of nitrogens with zero attached hydrogens (tertiary/aromatic N) is 3. The first kappa shape index (κ1) is 20.4. The number of benzene rings is 1. The summed E-state index contributed by atoms with van der Waals surface area (Å²) >= 11 is 1.68. The smallest absolute Gasteiger partial charge is 0.194 e. The molecule has 26 heavy (non-hydrogen) atoms. The highest BCUT2D eigenvalue weighted by Gasteiger charge is 2.09. The number of aryl methyl sites for hydroxylation is 1. The zero-order chi connectivity index (χ0) is 18.8. The molecule has 0 amide bonds. The first-order valence-electron chi connectivity index (χ1n) is 9.17. The van der Waals surface area contributed by atoms with Crippen LogP contribution >= 0.6 is 11.3 Å². The lowest BCUT2D eigenvalue weighted by atomic mass is 10.1. The molecule has 1 aromatic heterocycles. The van der Waals surface area contributed by atoms with E-state index in [1.807, 2.05) is 32.2 Å². The van der Waals surface area contributed by atoms with Crippen molar-refractivity contribution in [3.05, 3.63) is 52.0 Å². The fourth-order valence-electron chi connectivity index (χ4n) is 2.60. The molecule has 0 aliphatic carbocycles. The van der Waals surface area contributed by atoms with Gasteiger partial charge in [0.25, 0.3) is 0 Å². The van der Waals surface area contributed by atoms with E-state index in [4.69, 9.17) is 9.73 Å². The van der Waals surface area contributed by atoms with E-state index >= 15 is 0 Å². The lowest BCUT2D eigenvalue weighted by molar-refractivity contribution is 0.0651. The second-order valence-corrected chi connectivity index (χ2v) is 7.29. The van der Waals surface area contributed by atoms with Gasteiger partial charge in [0.15, 0.2) is 5.96 Å². The van der Waals surface area contributed by atoms with E-state index in [-0.39, 0.29) is 6.10 Å². The Kier molecular flexibility index (Phi) is 8.58. The number of ether oxygens (including phenoxy) is 1. The Bertz CT molecular complexity index is 671. The summed E-state index contributed by atoms with van der Waals surface area (Å²) in [4.78, 5) is 11.4. The lowest BCUT2D eigenvalue weighted by Crippen LogP contribution is -2.38. The van der Waals surface area contributed by atoms with Gasteiger partial charge in [-0.25, -0.2) is 4.98 Å². The van der Waals surface area contributed by atoms with E-state index in [1.54, 1.807) is 11.3 Å². The molecule has 0 aliphatic rings. The second-order valence-electron chi connectivity index (χ2n) is 6.23. The molecule has 1 aromatic carbocycles. The molecule has 0 spiro atoms. The van der Waals surface area contributed by atoms with E-state index < -0.39 is 0 Å². The predicted molar refractivity (Wildman–Crippen MR) is 110 cm³/mol. The molecule has 1 N–H and O–H groups in total. The summed E-state index contributed by atoms with van der Waals surface area (Å²) in [5, 5.41) is 6.55. The molecule has 1 heterocycles. The highest BCUT2D eigenvalue weighted by atomic mass is 32.1. The minimum Gasteiger partial charge on any atom is -0.374 e. The van der Waals surface area contributed by atoms with E-state index in [9.17, 15) is 0 Å². The van der Waals surface area contributed by atoms with Crippen LogP contribution < -0.4 is 5.32 Å². The fourth-order valence-corrected chi connectivity index (χ4v) is 3.20. The number of aromatic nitrogens is 1. The minimum atomic E-state index is 0.115. The molecule has 0 fully saturated rings. The van der Waals surface area contributed by atoms with Gasteiger partial charge < -0.3 is 15.0 Å². The van der Waals surface area contributed by atoms with Crippen LogP contribution in [-0.4, -0.2) is 42.6 Å². The van der Waals surface area contributed by atoms with Crippen molar-refractivity contribution in [1.82, 2.24) is 15.2 Å². The summed E-state index contributed by atoms with van der Waals surface area (Å²) in [5.74, 6) is 0.911. The van der Waals surface area contributed by atoms with Crippen molar-refractivity contribution in [3.63, 3.8) is 0 Å². The molecular weight excluding hydrogens is 344 g/mol. The van der Waals surface area contributed by atoms with Gasteiger partial charge in [-0.2, -0.15) is 0 Å². The SMILES string of the molecule is CCNC(=NCCCOC(C)c1ccccc1)N(C)Cc1csc(C)n1. The number of nitrogens with one attached hydrogen (secondary N) is 1. The maximum atomic E-state index is 5.92. The standard InChI is InChI=1S/C20H30N4OS/c1-5-21-20(24(4)14-19-15-26-17(3)23-19)22-12-9-13-25-16(2)18-10-7-6-8-11-18/h6-8,10-11,15-16H,5,9,12-14H2,1-4H3,(H,21,22). The maximum absolute atomic E-state index is 5.92. The van der Waals surface area contributed by atoms with Crippen molar-refractivity contribution in [2.45, 2.75) is 39.8 Å². The van der Waals surface area contributed by atoms with Gasteiger partial charge in [0.05, 0.1) is 23.4 Å². The van der Waals surface area contributed by atoms with Gasteiger partial charge in [-0.05, 0) is 32.8 Å². The van der Waals surface area contributed by atoms with Gasteiger partial charge >= 0.3 is 0 Å². The summed E-state index contributed by atoms with van der Waals surface area (Å²) in [6, 6.07) is 10.3. The van der Waals surface area contributed by atoms with E-state index in [0.29, 0.717) is 6.61 Å². The van der Waals surface area contributed by atoms with E-state index in [0.717, 1.165) is 42.7 Å². The van der Waals surface area contributed by atoms with Crippen LogP contribution in [0, 0.1) is 6.92 Å². The summed E-state index contributed by atoms with van der Waals surface area (Å²) in [5.41, 5.74) is 2.29. The minimum absolute atomic E-state index is 0.115.